The molecule has 0 saturated carbocycles. The number of phenolic OH excluding ortho intramolecular Hbond substituents is 1. The molecule has 0 spiro atoms. The van der Waals surface area contributed by atoms with E-state index in [1.165, 1.54) is 5.56 Å². The SMILES string of the molecule is Cc1ccc(O)c(-c2nc3c(-c4[c-]c(-c5cccc6cccnc56)ccc4)cccc3n2-c2ccc(C(C)(C)C)cc2)c1.[Pt]. The van der Waals surface area contributed by atoms with Crippen molar-refractivity contribution in [2.24, 2.45) is 0 Å². The first kappa shape index (κ1) is 29.5. The van der Waals surface area contributed by atoms with Gasteiger partial charge < -0.3 is 5.11 Å². The number of nitrogens with zero attached hydrogens (tertiary/aromatic N) is 3. The van der Waals surface area contributed by atoms with Crippen LogP contribution in [0.15, 0.2) is 115 Å². The van der Waals surface area contributed by atoms with Crippen LogP contribution in [-0.4, -0.2) is 19.6 Å². The number of aromatic hydroxyl groups is 1. The zero-order valence-electron chi connectivity index (χ0n) is 25.1. The van der Waals surface area contributed by atoms with Gasteiger partial charge in [-0.25, -0.2) is 4.98 Å². The summed E-state index contributed by atoms with van der Waals surface area (Å²) in [6.45, 7) is 8.68. The molecule has 0 radical (unpaired) electrons. The van der Waals surface area contributed by atoms with Crippen molar-refractivity contribution < 1.29 is 26.2 Å². The Morgan fingerprint density at radius 3 is 2.09 bits per heavy atom. The van der Waals surface area contributed by atoms with Gasteiger partial charge in [0.25, 0.3) is 0 Å². The summed E-state index contributed by atoms with van der Waals surface area (Å²) in [6, 6.07) is 40.8. The van der Waals surface area contributed by atoms with Crippen LogP contribution in [0.3, 0.4) is 0 Å². The van der Waals surface area contributed by atoms with Gasteiger partial charge in [-0.15, -0.1) is 35.4 Å². The second-order valence-corrected chi connectivity index (χ2v) is 12.1. The van der Waals surface area contributed by atoms with Crippen molar-refractivity contribution in [3.05, 3.63) is 133 Å². The van der Waals surface area contributed by atoms with E-state index < -0.39 is 0 Å². The van der Waals surface area contributed by atoms with Crippen molar-refractivity contribution in [2.75, 3.05) is 0 Å². The standard InChI is InChI=1S/C39H32N3O.Pt/c1-25-16-21-35(43)33(23-25)38-41-37-32(14-7-15-34(37)42(38)30-19-17-29(18-20-30)39(2,3)4)28-11-5-10-27(24-28)31-13-6-9-26-12-8-22-40-36(26)31;/h5-23,43H,1-4H3;/q-1;. The summed E-state index contributed by atoms with van der Waals surface area (Å²) >= 11 is 0. The maximum absolute atomic E-state index is 11.0. The average Bonchev–Trinajstić information content (AvgIpc) is 3.41. The molecule has 0 unspecified atom stereocenters. The average molecular weight is 754 g/mol. The van der Waals surface area contributed by atoms with Crippen molar-refractivity contribution in [1.29, 1.82) is 0 Å². The molecular weight excluding hydrogens is 722 g/mol. The first-order valence-electron chi connectivity index (χ1n) is 14.6. The minimum atomic E-state index is 0. The molecule has 2 aromatic heterocycles. The number of phenols is 1. The van der Waals surface area contributed by atoms with E-state index in [0.29, 0.717) is 11.4 Å². The molecule has 5 aromatic carbocycles. The molecule has 1 N–H and O–H groups in total. The van der Waals surface area contributed by atoms with Gasteiger partial charge in [-0.3, -0.25) is 9.55 Å². The van der Waals surface area contributed by atoms with Gasteiger partial charge in [0, 0.05) is 38.5 Å². The van der Waals surface area contributed by atoms with Crippen LogP contribution in [0.2, 0.25) is 0 Å². The molecule has 5 heteroatoms. The van der Waals surface area contributed by atoms with Crippen LogP contribution in [-0.2, 0) is 26.5 Å². The molecule has 0 aliphatic heterocycles. The van der Waals surface area contributed by atoms with E-state index in [1.54, 1.807) is 6.07 Å². The molecule has 0 amide bonds. The molecule has 0 aliphatic rings. The fourth-order valence-corrected chi connectivity index (χ4v) is 5.80. The number of fused-ring (bicyclic) bond motifs is 2. The van der Waals surface area contributed by atoms with Gasteiger partial charge >= 0.3 is 0 Å². The van der Waals surface area contributed by atoms with Crippen molar-refractivity contribution in [3.63, 3.8) is 0 Å². The first-order chi connectivity index (χ1) is 20.8. The Kier molecular flexibility index (Phi) is 7.73. The van der Waals surface area contributed by atoms with Gasteiger partial charge in [-0.05, 0) is 59.7 Å². The number of aryl methyl sites for hydroxylation is 1. The molecule has 0 saturated heterocycles. The maximum Gasteiger partial charge on any atom is 0.148 e. The van der Waals surface area contributed by atoms with Crippen LogP contribution in [0.25, 0.3) is 61.3 Å². The topological polar surface area (TPSA) is 50.9 Å². The predicted octanol–water partition coefficient (Wildman–Crippen LogP) is 9.68. The molecule has 0 aliphatic carbocycles. The quantitative estimate of drug-likeness (QED) is 0.182. The molecule has 4 nitrogen and oxygen atoms in total. The van der Waals surface area contributed by atoms with E-state index in [-0.39, 0.29) is 32.2 Å². The summed E-state index contributed by atoms with van der Waals surface area (Å²) in [5.41, 5.74) is 10.8. The second-order valence-electron chi connectivity index (χ2n) is 12.1. The van der Waals surface area contributed by atoms with E-state index in [9.17, 15) is 5.11 Å². The van der Waals surface area contributed by atoms with Gasteiger partial charge in [0.2, 0.25) is 0 Å². The fourth-order valence-electron chi connectivity index (χ4n) is 5.80. The van der Waals surface area contributed by atoms with E-state index in [0.717, 1.165) is 55.4 Å². The molecule has 7 aromatic rings. The maximum atomic E-state index is 11.0. The molecule has 44 heavy (non-hydrogen) atoms. The van der Waals surface area contributed by atoms with Crippen LogP contribution in [0.4, 0.5) is 0 Å². The zero-order chi connectivity index (χ0) is 29.7. The van der Waals surface area contributed by atoms with Crippen LogP contribution < -0.4 is 0 Å². The summed E-state index contributed by atoms with van der Waals surface area (Å²) < 4.78 is 2.15. The number of hydrogen-bond donors (Lipinski definition) is 1. The predicted molar refractivity (Wildman–Crippen MR) is 177 cm³/mol. The van der Waals surface area contributed by atoms with Crippen molar-refractivity contribution >= 4 is 21.9 Å². The Balaban J connectivity index is 0.00000343. The molecule has 7 rings (SSSR count). The smallest absolute Gasteiger partial charge is 0.148 e. The summed E-state index contributed by atoms with van der Waals surface area (Å²) in [7, 11) is 0. The Labute approximate surface area is 272 Å². The van der Waals surface area contributed by atoms with E-state index in [2.05, 4.69) is 121 Å². The third-order valence-corrected chi connectivity index (χ3v) is 8.08. The number of para-hydroxylation sites is 2. The Morgan fingerprint density at radius 2 is 1.36 bits per heavy atom. The summed E-state index contributed by atoms with van der Waals surface area (Å²) in [5, 5.41) is 12.1. The van der Waals surface area contributed by atoms with Gasteiger partial charge in [0.05, 0.1) is 16.6 Å². The van der Waals surface area contributed by atoms with Crippen LogP contribution in [0.1, 0.15) is 31.9 Å². The molecule has 2 heterocycles. The van der Waals surface area contributed by atoms with Crippen molar-refractivity contribution in [3.8, 4) is 45.1 Å². The monoisotopic (exact) mass is 753 g/mol. The number of rotatable bonds is 4. The Morgan fingerprint density at radius 1 is 0.705 bits per heavy atom. The van der Waals surface area contributed by atoms with Gasteiger partial charge in [0.1, 0.15) is 11.6 Å². The van der Waals surface area contributed by atoms with E-state index in [1.807, 2.05) is 31.3 Å². The van der Waals surface area contributed by atoms with E-state index in [4.69, 9.17) is 4.98 Å². The fraction of sp³-hybridized carbons (Fsp3) is 0.128. The Bertz CT molecular complexity index is 2130. The number of benzene rings is 5. The third-order valence-electron chi connectivity index (χ3n) is 8.08. The molecule has 0 fully saturated rings. The van der Waals surface area contributed by atoms with Crippen LogP contribution in [0, 0.1) is 13.0 Å². The van der Waals surface area contributed by atoms with Crippen molar-refractivity contribution in [1.82, 2.24) is 14.5 Å². The van der Waals surface area contributed by atoms with Gasteiger partial charge in [-0.1, -0.05) is 92.1 Å². The first-order valence-corrected chi connectivity index (χ1v) is 14.6. The van der Waals surface area contributed by atoms with Crippen LogP contribution in [0.5, 0.6) is 5.75 Å². The molecule has 0 atom stereocenters. The number of aromatic nitrogens is 3. The molecule has 0 bridgehead atoms. The molecular formula is C39H32N3OPt-. The largest absolute Gasteiger partial charge is 0.507 e. The Hall–Kier alpha value is -4.53. The van der Waals surface area contributed by atoms with E-state index >= 15 is 0 Å². The number of hydrogen-bond acceptors (Lipinski definition) is 3. The second kappa shape index (κ2) is 11.5. The number of imidazole rings is 1. The van der Waals surface area contributed by atoms with Crippen LogP contribution >= 0.6 is 0 Å². The minimum absolute atomic E-state index is 0. The van der Waals surface area contributed by atoms with Gasteiger partial charge in [0.15, 0.2) is 0 Å². The normalized spacial score (nSPS) is 11.5. The summed E-state index contributed by atoms with van der Waals surface area (Å²) in [6.07, 6.45) is 1.83. The molecule has 220 valence electrons. The van der Waals surface area contributed by atoms with Gasteiger partial charge in [-0.2, -0.15) is 0 Å². The third kappa shape index (κ3) is 5.25. The number of pyridine rings is 1. The zero-order valence-corrected chi connectivity index (χ0v) is 27.3. The van der Waals surface area contributed by atoms with Crippen molar-refractivity contribution in [2.45, 2.75) is 33.1 Å². The minimum Gasteiger partial charge on any atom is -0.507 e. The summed E-state index contributed by atoms with van der Waals surface area (Å²) in [4.78, 5) is 9.90. The summed E-state index contributed by atoms with van der Waals surface area (Å²) in [5.74, 6) is 0.897.